The van der Waals surface area contributed by atoms with Gasteiger partial charge in [0.2, 0.25) is 0 Å². The molecule has 1 saturated carbocycles. The third kappa shape index (κ3) is 4.23. The Morgan fingerprint density at radius 2 is 2.14 bits per heavy atom. The maximum atomic E-state index is 11.8. The number of carbonyl (C=O) groups excluding carboxylic acids is 1. The Bertz CT molecular complexity index is 581. The summed E-state index contributed by atoms with van der Waals surface area (Å²) in [5, 5.41) is 13.0. The van der Waals surface area contributed by atoms with Crippen molar-refractivity contribution in [1.82, 2.24) is 0 Å². The molecule has 0 saturated heterocycles. The molecule has 2 rings (SSSR count). The molecular weight excluding hydrogens is 280 g/mol. The van der Waals surface area contributed by atoms with Crippen LogP contribution in [0, 0.1) is 11.8 Å². The topological polar surface area (TPSA) is 84.6 Å². The van der Waals surface area contributed by atoms with Gasteiger partial charge in [0.15, 0.2) is 0 Å². The summed E-state index contributed by atoms with van der Waals surface area (Å²) < 4.78 is 4.77. The fourth-order valence-electron chi connectivity index (χ4n) is 2.63. The second-order valence-electron chi connectivity index (χ2n) is 5.41. The SMILES string of the molecule is COC(=O)c1ccc(NC2CCC(O)CC2)cc1C#CCN. The minimum atomic E-state index is -0.409. The van der Waals surface area contributed by atoms with Crippen LogP contribution in [-0.4, -0.2) is 36.9 Å². The number of nitrogens with one attached hydrogen (secondary N) is 1. The van der Waals surface area contributed by atoms with Gasteiger partial charge in [-0.2, -0.15) is 0 Å². The molecule has 5 heteroatoms. The van der Waals surface area contributed by atoms with E-state index in [-0.39, 0.29) is 12.6 Å². The Labute approximate surface area is 130 Å². The number of aliphatic hydroxyl groups is 1. The number of anilines is 1. The van der Waals surface area contributed by atoms with Crippen molar-refractivity contribution in [2.45, 2.75) is 37.8 Å². The molecule has 0 bridgehead atoms. The van der Waals surface area contributed by atoms with E-state index in [9.17, 15) is 9.90 Å². The van der Waals surface area contributed by atoms with Crippen LogP contribution in [0.4, 0.5) is 5.69 Å². The van der Waals surface area contributed by atoms with Crippen LogP contribution in [0.25, 0.3) is 0 Å². The van der Waals surface area contributed by atoms with Crippen molar-refractivity contribution in [3.63, 3.8) is 0 Å². The summed E-state index contributed by atoms with van der Waals surface area (Å²) in [7, 11) is 1.35. The van der Waals surface area contributed by atoms with Gasteiger partial charge in [-0.05, 0) is 43.9 Å². The number of carbonyl (C=O) groups is 1. The fourth-order valence-corrected chi connectivity index (χ4v) is 2.63. The molecule has 1 aliphatic rings. The van der Waals surface area contributed by atoms with E-state index in [0.29, 0.717) is 17.2 Å². The van der Waals surface area contributed by atoms with Crippen molar-refractivity contribution in [3.05, 3.63) is 29.3 Å². The van der Waals surface area contributed by atoms with Crippen LogP contribution in [0.1, 0.15) is 41.6 Å². The van der Waals surface area contributed by atoms with Gasteiger partial charge in [0.25, 0.3) is 0 Å². The van der Waals surface area contributed by atoms with E-state index < -0.39 is 5.97 Å². The third-order valence-corrected chi connectivity index (χ3v) is 3.82. The van der Waals surface area contributed by atoms with E-state index in [4.69, 9.17) is 10.5 Å². The number of benzene rings is 1. The van der Waals surface area contributed by atoms with Crippen LogP contribution in [-0.2, 0) is 4.74 Å². The Hall–Kier alpha value is -2.03. The highest BCUT2D eigenvalue weighted by atomic mass is 16.5. The Kier molecular flexibility index (Phi) is 5.82. The summed E-state index contributed by atoms with van der Waals surface area (Å²) in [6.45, 7) is 0.235. The number of esters is 1. The van der Waals surface area contributed by atoms with Gasteiger partial charge in [-0.3, -0.25) is 0 Å². The van der Waals surface area contributed by atoms with Crippen molar-refractivity contribution >= 4 is 11.7 Å². The minimum absolute atomic E-state index is 0.175. The molecule has 0 unspecified atom stereocenters. The second kappa shape index (κ2) is 7.83. The Morgan fingerprint density at radius 3 is 2.77 bits per heavy atom. The number of hydrogen-bond donors (Lipinski definition) is 3. The lowest BCUT2D eigenvalue weighted by Crippen LogP contribution is -2.28. The highest BCUT2D eigenvalue weighted by Crippen LogP contribution is 2.23. The van der Waals surface area contributed by atoms with Crippen LogP contribution >= 0.6 is 0 Å². The van der Waals surface area contributed by atoms with Crippen LogP contribution in [0.2, 0.25) is 0 Å². The molecule has 1 aliphatic carbocycles. The Morgan fingerprint density at radius 1 is 1.41 bits per heavy atom. The van der Waals surface area contributed by atoms with E-state index in [1.165, 1.54) is 7.11 Å². The lowest BCUT2D eigenvalue weighted by Gasteiger charge is -2.27. The minimum Gasteiger partial charge on any atom is -0.465 e. The first-order chi connectivity index (χ1) is 10.6. The van der Waals surface area contributed by atoms with Gasteiger partial charge in [0.05, 0.1) is 25.3 Å². The molecule has 0 radical (unpaired) electrons. The molecule has 0 aliphatic heterocycles. The average molecular weight is 302 g/mol. The summed E-state index contributed by atoms with van der Waals surface area (Å²) in [6, 6.07) is 5.75. The molecule has 0 aromatic heterocycles. The molecule has 0 spiro atoms. The van der Waals surface area contributed by atoms with Gasteiger partial charge in [-0.15, -0.1) is 0 Å². The Balaban J connectivity index is 2.17. The van der Waals surface area contributed by atoms with E-state index in [0.717, 1.165) is 31.4 Å². The predicted octanol–water partition coefficient (Wildman–Crippen LogP) is 1.50. The fraction of sp³-hybridized carbons (Fsp3) is 0.471. The number of ether oxygens (including phenoxy) is 1. The number of hydrogen-bond acceptors (Lipinski definition) is 5. The maximum absolute atomic E-state index is 11.8. The summed E-state index contributed by atoms with van der Waals surface area (Å²) in [4.78, 5) is 11.8. The van der Waals surface area contributed by atoms with Crippen LogP contribution in [0.5, 0.6) is 0 Å². The smallest absolute Gasteiger partial charge is 0.339 e. The first-order valence-corrected chi connectivity index (χ1v) is 7.50. The van der Waals surface area contributed by atoms with Gasteiger partial charge >= 0.3 is 5.97 Å². The molecule has 1 fully saturated rings. The summed E-state index contributed by atoms with van der Waals surface area (Å²) in [5.41, 5.74) is 7.37. The second-order valence-corrected chi connectivity index (χ2v) is 5.41. The van der Waals surface area contributed by atoms with Crippen LogP contribution in [0.3, 0.4) is 0 Å². The van der Waals surface area contributed by atoms with Gasteiger partial charge in [0, 0.05) is 17.3 Å². The molecule has 5 nitrogen and oxygen atoms in total. The van der Waals surface area contributed by atoms with Crippen molar-refractivity contribution in [3.8, 4) is 11.8 Å². The van der Waals surface area contributed by atoms with Gasteiger partial charge in [0.1, 0.15) is 0 Å². The van der Waals surface area contributed by atoms with Crippen molar-refractivity contribution in [2.24, 2.45) is 5.73 Å². The number of methoxy groups -OCH3 is 1. The standard InChI is InChI=1S/C17H22N2O3/c1-22-17(21)16-9-6-14(11-12(16)3-2-10-18)19-13-4-7-15(20)8-5-13/h6,9,11,13,15,19-20H,4-5,7-8,10,18H2,1H3. The zero-order chi connectivity index (χ0) is 15.9. The number of aliphatic hydroxyl groups excluding tert-OH is 1. The van der Waals surface area contributed by atoms with E-state index in [1.54, 1.807) is 6.07 Å². The quantitative estimate of drug-likeness (QED) is 0.582. The van der Waals surface area contributed by atoms with Gasteiger partial charge in [-0.1, -0.05) is 11.8 Å². The lowest BCUT2D eigenvalue weighted by molar-refractivity contribution is 0.0600. The first kappa shape index (κ1) is 16.3. The summed E-state index contributed by atoms with van der Waals surface area (Å²) in [6.07, 6.45) is 3.33. The van der Waals surface area contributed by atoms with Gasteiger partial charge < -0.3 is 20.9 Å². The summed E-state index contributed by atoms with van der Waals surface area (Å²) in [5.74, 6) is 5.28. The number of rotatable bonds is 3. The summed E-state index contributed by atoms with van der Waals surface area (Å²) >= 11 is 0. The van der Waals surface area contributed by atoms with Crippen molar-refractivity contribution < 1.29 is 14.6 Å². The molecular formula is C17H22N2O3. The lowest BCUT2D eigenvalue weighted by atomic mass is 9.93. The molecule has 1 aromatic carbocycles. The van der Waals surface area contributed by atoms with Crippen LogP contribution < -0.4 is 11.1 Å². The molecule has 0 atom stereocenters. The molecule has 0 heterocycles. The van der Waals surface area contributed by atoms with Crippen LogP contribution in [0.15, 0.2) is 18.2 Å². The third-order valence-electron chi connectivity index (χ3n) is 3.82. The first-order valence-electron chi connectivity index (χ1n) is 7.50. The van der Waals surface area contributed by atoms with E-state index >= 15 is 0 Å². The van der Waals surface area contributed by atoms with Gasteiger partial charge in [-0.25, -0.2) is 4.79 Å². The maximum Gasteiger partial charge on any atom is 0.339 e. The average Bonchev–Trinajstić information content (AvgIpc) is 2.54. The molecule has 0 amide bonds. The molecule has 118 valence electrons. The normalized spacial score (nSPS) is 20.7. The monoisotopic (exact) mass is 302 g/mol. The van der Waals surface area contributed by atoms with E-state index in [1.807, 2.05) is 12.1 Å². The number of nitrogens with two attached hydrogens (primary N) is 1. The van der Waals surface area contributed by atoms with E-state index in [2.05, 4.69) is 17.2 Å². The zero-order valence-electron chi connectivity index (χ0n) is 12.8. The highest BCUT2D eigenvalue weighted by Gasteiger charge is 2.19. The molecule has 22 heavy (non-hydrogen) atoms. The predicted molar refractivity (Wildman–Crippen MR) is 85.6 cm³/mol. The highest BCUT2D eigenvalue weighted by molar-refractivity contribution is 5.93. The molecule has 1 aromatic rings. The largest absolute Gasteiger partial charge is 0.465 e. The molecule has 4 N–H and O–H groups in total. The van der Waals surface area contributed by atoms with Crippen molar-refractivity contribution in [1.29, 1.82) is 0 Å². The van der Waals surface area contributed by atoms with Crippen molar-refractivity contribution in [2.75, 3.05) is 19.0 Å². The zero-order valence-corrected chi connectivity index (χ0v) is 12.8.